The molecule has 2 rings (SSSR count). The standard InChI is InChI=1S/C22H26FNO4S/c1-3-5-11-22(4-2,15-25)16-29(27,28)21-10-9-19(23)14-18(21)12-17-7-6-8-20(13-17)24-26/h6-10,13-15H,3-5,11-12,16H2,1-2H3/t22-/m0/s1. The Morgan fingerprint density at radius 2 is 1.90 bits per heavy atom. The van der Waals surface area contributed by atoms with Crippen molar-refractivity contribution in [2.45, 2.75) is 50.8 Å². The van der Waals surface area contributed by atoms with Crippen LogP contribution in [0.3, 0.4) is 0 Å². The lowest BCUT2D eigenvalue weighted by molar-refractivity contribution is -0.115. The first-order chi connectivity index (χ1) is 13.8. The van der Waals surface area contributed by atoms with Crippen LogP contribution < -0.4 is 0 Å². The quantitative estimate of drug-likeness (QED) is 0.278. The zero-order chi connectivity index (χ0) is 21.5. The van der Waals surface area contributed by atoms with Gasteiger partial charge in [-0.2, -0.15) is 0 Å². The molecule has 0 aromatic heterocycles. The number of halogens is 1. The highest BCUT2D eigenvalue weighted by Gasteiger charge is 2.35. The van der Waals surface area contributed by atoms with Crippen LogP contribution in [0.4, 0.5) is 10.1 Å². The first kappa shape index (κ1) is 22.9. The van der Waals surface area contributed by atoms with E-state index in [4.69, 9.17) is 0 Å². The molecular weight excluding hydrogens is 393 g/mol. The number of unbranched alkanes of at least 4 members (excludes halogenated alkanes) is 1. The molecule has 0 spiro atoms. The van der Waals surface area contributed by atoms with Crippen LogP contribution in [0.1, 0.15) is 50.7 Å². The normalized spacial score (nSPS) is 13.6. The average molecular weight is 420 g/mol. The van der Waals surface area contributed by atoms with Gasteiger partial charge in [-0.05, 0) is 65.9 Å². The predicted octanol–water partition coefficient (Wildman–Crippen LogP) is 5.37. The third-order valence-electron chi connectivity index (χ3n) is 5.23. The summed E-state index contributed by atoms with van der Waals surface area (Å²) in [5.74, 6) is -0.860. The molecule has 29 heavy (non-hydrogen) atoms. The minimum Gasteiger partial charge on any atom is -0.303 e. The lowest BCUT2D eigenvalue weighted by Gasteiger charge is -2.26. The minimum absolute atomic E-state index is 0.0135. The van der Waals surface area contributed by atoms with Crippen molar-refractivity contribution in [3.8, 4) is 0 Å². The molecule has 0 aliphatic rings. The Balaban J connectivity index is 2.44. The number of nitroso groups, excluding NO2 is 1. The largest absolute Gasteiger partial charge is 0.303 e. The van der Waals surface area contributed by atoms with E-state index in [1.54, 1.807) is 12.1 Å². The van der Waals surface area contributed by atoms with Crippen LogP contribution in [0, 0.1) is 16.1 Å². The third kappa shape index (κ3) is 5.79. The zero-order valence-electron chi connectivity index (χ0n) is 16.7. The second kappa shape index (κ2) is 9.87. The summed E-state index contributed by atoms with van der Waals surface area (Å²) in [5, 5.41) is 2.88. The summed E-state index contributed by atoms with van der Waals surface area (Å²) in [6.07, 6.45) is 3.40. The lowest BCUT2D eigenvalue weighted by atomic mass is 9.84. The summed E-state index contributed by atoms with van der Waals surface area (Å²) in [5.41, 5.74) is 0.197. The van der Waals surface area contributed by atoms with Gasteiger partial charge in [-0.25, -0.2) is 12.8 Å². The first-order valence-corrected chi connectivity index (χ1v) is 11.3. The molecule has 2 aromatic carbocycles. The van der Waals surface area contributed by atoms with Crippen LogP contribution in [-0.4, -0.2) is 20.5 Å². The van der Waals surface area contributed by atoms with Crippen LogP contribution in [0.25, 0.3) is 0 Å². The molecule has 0 saturated carbocycles. The smallest absolute Gasteiger partial charge is 0.179 e. The fourth-order valence-electron chi connectivity index (χ4n) is 3.45. The molecule has 0 amide bonds. The van der Waals surface area contributed by atoms with E-state index < -0.39 is 21.1 Å². The zero-order valence-corrected chi connectivity index (χ0v) is 17.5. The molecule has 0 heterocycles. The number of carbonyl (C=O) groups is 1. The van der Waals surface area contributed by atoms with Crippen LogP contribution in [-0.2, 0) is 21.1 Å². The summed E-state index contributed by atoms with van der Waals surface area (Å²) in [6, 6.07) is 9.99. The van der Waals surface area contributed by atoms with E-state index >= 15 is 0 Å². The van der Waals surface area contributed by atoms with Gasteiger partial charge in [0.25, 0.3) is 0 Å². The molecule has 1 atom stereocenters. The Labute approximate surface area is 171 Å². The van der Waals surface area contributed by atoms with Crippen molar-refractivity contribution in [3.05, 3.63) is 64.3 Å². The van der Waals surface area contributed by atoms with Gasteiger partial charge < -0.3 is 4.79 Å². The molecule has 0 bridgehead atoms. The Bertz CT molecular complexity index is 975. The maximum absolute atomic E-state index is 13.9. The maximum atomic E-state index is 13.9. The van der Waals surface area contributed by atoms with E-state index in [1.807, 2.05) is 13.8 Å². The van der Waals surface area contributed by atoms with Gasteiger partial charge in [-0.1, -0.05) is 38.8 Å². The number of sulfone groups is 1. The van der Waals surface area contributed by atoms with E-state index in [0.29, 0.717) is 24.0 Å². The molecule has 0 radical (unpaired) electrons. The monoisotopic (exact) mass is 419 g/mol. The van der Waals surface area contributed by atoms with Gasteiger partial charge in [-0.3, -0.25) is 0 Å². The van der Waals surface area contributed by atoms with Gasteiger partial charge in [0.1, 0.15) is 17.8 Å². The Hall–Kier alpha value is -2.41. The van der Waals surface area contributed by atoms with Gasteiger partial charge >= 0.3 is 0 Å². The maximum Gasteiger partial charge on any atom is 0.179 e. The van der Waals surface area contributed by atoms with E-state index in [-0.39, 0.29) is 22.8 Å². The molecule has 0 saturated heterocycles. The summed E-state index contributed by atoms with van der Waals surface area (Å²) in [7, 11) is -3.84. The average Bonchev–Trinajstić information content (AvgIpc) is 2.71. The molecular formula is C22H26FNO4S. The van der Waals surface area contributed by atoms with Crippen molar-refractivity contribution in [1.29, 1.82) is 0 Å². The van der Waals surface area contributed by atoms with Crippen LogP contribution in [0.15, 0.2) is 52.5 Å². The minimum atomic E-state index is -3.84. The van der Waals surface area contributed by atoms with E-state index in [9.17, 15) is 22.5 Å². The number of aldehydes is 1. The van der Waals surface area contributed by atoms with E-state index in [2.05, 4.69) is 5.18 Å². The van der Waals surface area contributed by atoms with Gasteiger partial charge in [0, 0.05) is 5.41 Å². The number of hydrogen-bond acceptors (Lipinski definition) is 5. The lowest BCUT2D eigenvalue weighted by Crippen LogP contribution is -2.32. The number of nitrogens with zero attached hydrogens (tertiary/aromatic N) is 1. The third-order valence-corrected chi connectivity index (χ3v) is 7.25. The highest BCUT2D eigenvalue weighted by atomic mass is 32.2. The summed E-state index contributed by atoms with van der Waals surface area (Å²) in [4.78, 5) is 22.6. The molecule has 2 aromatic rings. The Kier molecular flexibility index (Phi) is 7.79. The topological polar surface area (TPSA) is 80.6 Å². The molecule has 0 unspecified atom stereocenters. The van der Waals surface area contributed by atoms with E-state index in [0.717, 1.165) is 25.2 Å². The van der Waals surface area contributed by atoms with Crippen molar-refractivity contribution >= 4 is 21.8 Å². The molecule has 156 valence electrons. The number of carbonyl (C=O) groups excluding carboxylic acids is 1. The van der Waals surface area contributed by atoms with Crippen molar-refractivity contribution < 1.29 is 17.6 Å². The Morgan fingerprint density at radius 3 is 2.52 bits per heavy atom. The molecule has 0 fully saturated rings. The van der Waals surface area contributed by atoms with Gasteiger partial charge in [0.15, 0.2) is 9.84 Å². The molecule has 0 N–H and O–H groups in total. The van der Waals surface area contributed by atoms with Gasteiger partial charge in [0.05, 0.1) is 10.6 Å². The van der Waals surface area contributed by atoms with Gasteiger partial charge in [-0.15, -0.1) is 4.91 Å². The van der Waals surface area contributed by atoms with Crippen molar-refractivity contribution in [3.63, 3.8) is 0 Å². The number of rotatable bonds is 11. The Morgan fingerprint density at radius 1 is 1.14 bits per heavy atom. The van der Waals surface area contributed by atoms with Crippen molar-refractivity contribution in [2.75, 3.05) is 5.75 Å². The van der Waals surface area contributed by atoms with Crippen molar-refractivity contribution in [1.82, 2.24) is 0 Å². The fourth-order valence-corrected chi connectivity index (χ4v) is 5.58. The molecule has 5 nitrogen and oxygen atoms in total. The molecule has 7 heteroatoms. The second-order valence-corrected chi connectivity index (χ2v) is 9.34. The first-order valence-electron chi connectivity index (χ1n) is 9.69. The fraction of sp³-hybridized carbons (Fsp3) is 0.409. The summed E-state index contributed by atoms with van der Waals surface area (Å²) >= 11 is 0. The summed E-state index contributed by atoms with van der Waals surface area (Å²) in [6.45, 7) is 3.79. The second-order valence-electron chi connectivity index (χ2n) is 7.39. The van der Waals surface area contributed by atoms with Crippen LogP contribution in [0.2, 0.25) is 0 Å². The van der Waals surface area contributed by atoms with E-state index in [1.165, 1.54) is 24.3 Å². The predicted molar refractivity (Wildman–Crippen MR) is 111 cm³/mol. The van der Waals surface area contributed by atoms with Crippen LogP contribution in [0.5, 0.6) is 0 Å². The number of hydrogen-bond donors (Lipinski definition) is 0. The summed E-state index contributed by atoms with van der Waals surface area (Å²) < 4.78 is 40.3. The van der Waals surface area contributed by atoms with Crippen LogP contribution >= 0.6 is 0 Å². The van der Waals surface area contributed by atoms with Gasteiger partial charge in [0.2, 0.25) is 0 Å². The highest BCUT2D eigenvalue weighted by molar-refractivity contribution is 7.91. The van der Waals surface area contributed by atoms with Crippen molar-refractivity contribution in [2.24, 2.45) is 10.6 Å². The highest BCUT2D eigenvalue weighted by Crippen LogP contribution is 2.32. The molecule has 0 aliphatic carbocycles. The molecule has 0 aliphatic heterocycles. The number of benzene rings is 2. The SMILES string of the molecule is CCCC[C@](C=O)(CC)CS(=O)(=O)c1ccc(F)cc1Cc1cccc(N=O)c1.